The Balaban J connectivity index is 0.000000226. The van der Waals surface area contributed by atoms with E-state index in [1.54, 1.807) is 4.90 Å². The van der Waals surface area contributed by atoms with Gasteiger partial charge in [0.15, 0.2) is 0 Å². The third kappa shape index (κ3) is 16.6. The first-order valence-electron chi connectivity index (χ1n) is 17.8. The molecule has 1 saturated carbocycles. The molecule has 46 heavy (non-hydrogen) atoms. The molecular weight excluding hydrogens is 600 g/mol. The van der Waals surface area contributed by atoms with Crippen LogP contribution in [0.3, 0.4) is 0 Å². The summed E-state index contributed by atoms with van der Waals surface area (Å²) in [5.74, 6) is 1.79. The highest BCUT2D eigenvalue weighted by molar-refractivity contribution is 6.30. The second-order valence-corrected chi connectivity index (χ2v) is 14.6. The molecule has 0 spiro atoms. The van der Waals surface area contributed by atoms with Crippen molar-refractivity contribution in [1.29, 1.82) is 0 Å². The molecule has 1 unspecified atom stereocenters. The fourth-order valence-corrected chi connectivity index (χ4v) is 6.25. The quantitative estimate of drug-likeness (QED) is 0.256. The van der Waals surface area contributed by atoms with Crippen LogP contribution >= 0.6 is 11.6 Å². The van der Waals surface area contributed by atoms with Gasteiger partial charge in [-0.05, 0) is 96.7 Å². The molecule has 4 fully saturated rings. The van der Waals surface area contributed by atoms with Crippen LogP contribution in [0.25, 0.3) is 0 Å². The van der Waals surface area contributed by atoms with Crippen molar-refractivity contribution in [2.24, 2.45) is 11.8 Å². The van der Waals surface area contributed by atoms with E-state index in [2.05, 4.69) is 49.7 Å². The van der Waals surface area contributed by atoms with Crippen LogP contribution in [0.4, 0.5) is 0 Å². The van der Waals surface area contributed by atoms with Crippen molar-refractivity contribution in [1.82, 2.24) is 20.0 Å². The van der Waals surface area contributed by atoms with Gasteiger partial charge in [-0.3, -0.25) is 19.3 Å². The van der Waals surface area contributed by atoms with Gasteiger partial charge in [-0.25, -0.2) is 0 Å². The van der Waals surface area contributed by atoms with E-state index >= 15 is 0 Å². The third-order valence-electron chi connectivity index (χ3n) is 9.22. The SMILES string of the molecule is CC(C)(C)N1CCC(C(=O)N2CCCC2)C1.CCCCCC(=O)NC1CCC(C)CC1.Clc1ccccc1.O=CN1CCOCC1. The zero-order valence-electron chi connectivity index (χ0n) is 29.5. The maximum atomic E-state index is 12.2. The van der Waals surface area contributed by atoms with Gasteiger partial charge in [0.1, 0.15) is 0 Å². The zero-order valence-corrected chi connectivity index (χ0v) is 30.2. The highest BCUT2D eigenvalue weighted by atomic mass is 35.5. The van der Waals surface area contributed by atoms with Gasteiger partial charge in [0, 0.05) is 55.7 Å². The Labute approximate surface area is 284 Å². The maximum absolute atomic E-state index is 12.2. The van der Waals surface area contributed by atoms with Crippen LogP contribution in [0.5, 0.6) is 0 Å². The molecule has 3 amide bonds. The maximum Gasteiger partial charge on any atom is 0.227 e. The van der Waals surface area contributed by atoms with E-state index in [1.807, 2.05) is 30.3 Å². The molecular formula is C37H63ClN4O4. The molecule has 0 radical (unpaired) electrons. The number of hydrogen-bond donors (Lipinski definition) is 1. The van der Waals surface area contributed by atoms with E-state index in [1.165, 1.54) is 51.4 Å². The minimum atomic E-state index is 0.208. The molecule has 3 heterocycles. The summed E-state index contributed by atoms with van der Waals surface area (Å²) in [5, 5.41) is 3.95. The molecule has 1 aliphatic carbocycles. The fraction of sp³-hybridized carbons (Fsp3) is 0.757. The van der Waals surface area contributed by atoms with Gasteiger partial charge >= 0.3 is 0 Å². The number of benzene rings is 1. The topological polar surface area (TPSA) is 82.2 Å². The molecule has 5 rings (SSSR count). The van der Waals surface area contributed by atoms with Gasteiger partial charge in [-0.1, -0.05) is 56.5 Å². The minimum absolute atomic E-state index is 0.208. The molecule has 8 nitrogen and oxygen atoms in total. The van der Waals surface area contributed by atoms with Gasteiger partial charge < -0.3 is 19.9 Å². The standard InChI is InChI=1S/C13H24N2O.C13H25NO.C6H5Cl.C5H9NO2/c1-13(2,3)15-9-6-11(10-15)12(16)14-7-4-5-8-14;1-3-4-5-6-13(15)14-12-9-7-11(2)8-10-12;7-6-4-2-1-3-5-6;7-5-6-1-3-8-4-2-6/h11H,4-10H2,1-3H3;11-12H,3-10H2,1-2H3,(H,14,15);1-5H;5H,1-4H2. The van der Waals surface area contributed by atoms with E-state index in [-0.39, 0.29) is 17.4 Å². The first-order valence-corrected chi connectivity index (χ1v) is 18.2. The molecule has 3 aliphatic heterocycles. The van der Waals surface area contributed by atoms with Gasteiger partial charge in [-0.15, -0.1) is 0 Å². The summed E-state index contributed by atoms with van der Waals surface area (Å²) in [6.45, 7) is 18.1. The number of ether oxygens (including phenoxy) is 1. The largest absolute Gasteiger partial charge is 0.378 e. The first kappa shape index (κ1) is 40.0. The summed E-state index contributed by atoms with van der Waals surface area (Å²) < 4.78 is 5.00. The third-order valence-corrected chi connectivity index (χ3v) is 9.47. The molecule has 4 aliphatic rings. The molecule has 1 aromatic rings. The van der Waals surface area contributed by atoms with Crippen molar-refractivity contribution in [3.63, 3.8) is 0 Å². The van der Waals surface area contributed by atoms with Gasteiger partial charge in [-0.2, -0.15) is 0 Å². The summed E-state index contributed by atoms with van der Waals surface area (Å²) in [6.07, 6.45) is 13.4. The van der Waals surface area contributed by atoms with Crippen molar-refractivity contribution < 1.29 is 19.1 Å². The Morgan fingerprint density at radius 3 is 2.04 bits per heavy atom. The molecule has 0 bridgehead atoms. The minimum Gasteiger partial charge on any atom is -0.378 e. The summed E-state index contributed by atoms with van der Waals surface area (Å²) in [5.41, 5.74) is 0.208. The number of carbonyl (C=O) groups is 3. The van der Waals surface area contributed by atoms with Crippen LogP contribution < -0.4 is 5.32 Å². The van der Waals surface area contributed by atoms with Crippen molar-refractivity contribution in [3.05, 3.63) is 35.4 Å². The number of amides is 3. The van der Waals surface area contributed by atoms with Crippen molar-refractivity contribution >= 4 is 29.8 Å². The normalized spacial score (nSPS) is 23.1. The lowest BCUT2D eigenvalue weighted by molar-refractivity contribution is -0.134. The number of hydrogen-bond acceptors (Lipinski definition) is 5. The van der Waals surface area contributed by atoms with Gasteiger partial charge in [0.05, 0.1) is 19.1 Å². The van der Waals surface area contributed by atoms with Crippen LogP contribution in [-0.4, -0.2) is 97.0 Å². The van der Waals surface area contributed by atoms with Crippen molar-refractivity contribution in [2.75, 3.05) is 52.5 Å². The summed E-state index contributed by atoms with van der Waals surface area (Å²) in [6, 6.07) is 9.91. The second-order valence-electron chi connectivity index (χ2n) is 14.2. The molecule has 1 N–H and O–H groups in total. The highest BCUT2D eigenvalue weighted by Gasteiger charge is 2.36. The number of rotatable bonds is 7. The zero-order chi connectivity index (χ0) is 33.8. The Morgan fingerprint density at radius 2 is 1.57 bits per heavy atom. The van der Waals surface area contributed by atoms with Crippen LogP contribution in [-0.2, 0) is 19.1 Å². The number of morpholine rings is 1. The molecule has 9 heteroatoms. The van der Waals surface area contributed by atoms with E-state index in [9.17, 15) is 14.4 Å². The van der Waals surface area contributed by atoms with Crippen molar-refractivity contribution in [3.8, 4) is 0 Å². The fourth-order valence-electron chi connectivity index (χ4n) is 6.10. The number of nitrogens with zero attached hydrogens (tertiary/aromatic N) is 3. The summed E-state index contributed by atoms with van der Waals surface area (Å²) in [4.78, 5) is 40.0. The number of carbonyl (C=O) groups excluding carboxylic acids is 3. The molecule has 1 aromatic carbocycles. The molecule has 1 atom stereocenters. The monoisotopic (exact) mass is 662 g/mol. The predicted molar refractivity (Wildman–Crippen MR) is 189 cm³/mol. The van der Waals surface area contributed by atoms with E-state index in [0.717, 1.165) is 75.9 Å². The smallest absolute Gasteiger partial charge is 0.227 e. The lowest BCUT2D eigenvalue weighted by atomic mass is 9.87. The average Bonchev–Trinajstić information content (AvgIpc) is 3.78. The van der Waals surface area contributed by atoms with Crippen LogP contribution in [0.15, 0.2) is 30.3 Å². The van der Waals surface area contributed by atoms with Crippen molar-refractivity contribution in [2.45, 2.75) is 117 Å². The first-order chi connectivity index (χ1) is 22.0. The molecule has 3 saturated heterocycles. The van der Waals surface area contributed by atoms with Gasteiger partial charge in [0.25, 0.3) is 0 Å². The number of nitrogens with one attached hydrogen (secondary N) is 1. The summed E-state index contributed by atoms with van der Waals surface area (Å²) >= 11 is 5.54. The van der Waals surface area contributed by atoms with E-state index in [0.29, 0.717) is 25.2 Å². The Kier molecular flexibility index (Phi) is 19.5. The highest BCUT2D eigenvalue weighted by Crippen LogP contribution is 2.27. The van der Waals surface area contributed by atoms with Gasteiger partial charge in [0.2, 0.25) is 18.2 Å². The number of unbranched alkanes of at least 4 members (excludes halogenated alkanes) is 2. The molecule has 0 aromatic heterocycles. The molecule has 262 valence electrons. The number of halogens is 1. The van der Waals surface area contributed by atoms with Crippen LogP contribution in [0.2, 0.25) is 5.02 Å². The van der Waals surface area contributed by atoms with E-state index in [4.69, 9.17) is 16.3 Å². The second kappa shape index (κ2) is 22.4. The Bertz CT molecular complexity index is 969. The Hall–Kier alpha value is -2.16. The summed E-state index contributed by atoms with van der Waals surface area (Å²) in [7, 11) is 0. The van der Waals surface area contributed by atoms with E-state index < -0.39 is 0 Å². The van der Waals surface area contributed by atoms with Crippen LogP contribution in [0, 0.1) is 11.8 Å². The lowest BCUT2D eigenvalue weighted by Gasteiger charge is -2.31. The van der Waals surface area contributed by atoms with Crippen LogP contribution in [0.1, 0.15) is 105 Å². The number of likely N-dealkylation sites (tertiary alicyclic amines) is 2. The lowest BCUT2D eigenvalue weighted by Crippen LogP contribution is -2.41. The Morgan fingerprint density at radius 1 is 0.935 bits per heavy atom. The average molecular weight is 663 g/mol. The predicted octanol–water partition coefficient (Wildman–Crippen LogP) is 6.81.